The minimum atomic E-state index is -0.453. The van der Waals surface area contributed by atoms with E-state index in [0.29, 0.717) is 26.3 Å². The number of nitro groups is 1. The maximum Gasteiger partial charge on any atom is 0.293 e. The van der Waals surface area contributed by atoms with Gasteiger partial charge in [-0.25, -0.2) is 0 Å². The van der Waals surface area contributed by atoms with Crippen LogP contribution in [0.5, 0.6) is 5.75 Å². The molecule has 0 radical (unpaired) electrons. The number of nitrogens with zero attached hydrogens (tertiary/aromatic N) is 2. The van der Waals surface area contributed by atoms with Gasteiger partial charge in [-0.2, -0.15) is 0 Å². The number of non-ortho nitro benzene ring substituents is 1. The molecule has 0 aliphatic carbocycles. The van der Waals surface area contributed by atoms with Crippen molar-refractivity contribution in [2.75, 3.05) is 0 Å². The van der Waals surface area contributed by atoms with Crippen LogP contribution in [0, 0.1) is 10.1 Å². The number of ether oxygens (including phenoxy) is 1. The Bertz CT molecular complexity index is 1290. The summed E-state index contributed by atoms with van der Waals surface area (Å²) in [5.74, 6) is 0.225. The van der Waals surface area contributed by atoms with Crippen LogP contribution in [0.1, 0.15) is 16.7 Å². The lowest BCUT2D eigenvalue weighted by Gasteiger charge is -2.12. The largest absolute Gasteiger partial charge is 0.489 e. The molecule has 10 heteroatoms. The van der Waals surface area contributed by atoms with E-state index in [2.05, 4.69) is 0 Å². The van der Waals surface area contributed by atoms with Gasteiger partial charge in [-0.15, -0.1) is 0 Å². The summed E-state index contributed by atoms with van der Waals surface area (Å²) in [6.07, 6.45) is 1.65. The molecule has 0 aromatic heterocycles. The van der Waals surface area contributed by atoms with Crippen LogP contribution in [-0.4, -0.2) is 21.0 Å². The van der Waals surface area contributed by atoms with Gasteiger partial charge in [-0.1, -0.05) is 41.4 Å². The zero-order valence-electron chi connectivity index (χ0n) is 17.4. The van der Waals surface area contributed by atoms with Crippen molar-refractivity contribution in [2.45, 2.75) is 13.2 Å². The van der Waals surface area contributed by atoms with E-state index in [9.17, 15) is 19.7 Å². The first kappa shape index (κ1) is 23.8. The van der Waals surface area contributed by atoms with Crippen molar-refractivity contribution < 1.29 is 19.2 Å². The Morgan fingerprint density at radius 3 is 2.26 bits per heavy atom. The summed E-state index contributed by atoms with van der Waals surface area (Å²) in [6, 6.07) is 18.2. The minimum absolute atomic E-state index is 0.0227. The molecule has 0 saturated carbocycles. The zero-order chi connectivity index (χ0) is 24.2. The van der Waals surface area contributed by atoms with Crippen molar-refractivity contribution in [3.8, 4) is 5.75 Å². The molecule has 1 fully saturated rings. The van der Waals surface area contributed by atoms with Gasteiger partial charge in [0.2, 0.25) is 0 Å². The standard InChI is InChI=1S/C24H16Cl2N2O5S/c25-20-10-5-17(11-21(20)26)13-27-23(29)22(34-24(27)30)12-15-3-8-19(9-4-15)33-14-16-1-6-18(7-2-16)28(31)32/h1-12H,13-14H2/b22-12+. The van der Waals surface area contributed by atoms with Crippen LogP contribution in [0.4, 0.5) is 10.5 Å². The van der Waals surface area contributed by atoms with Crippen molar-refractivity contribution in [3.05, 3.63) is 108 Å². The van der Waals surface area contributed by atoms with E-state index in [4.69, 9.17) is 27.9 Å². The van der Waals surface area contributed by atoms with Gasteiger partial charge in [0.1, 0.15) is 12.4 Å². The van der Waals surface area contributed by atoms with Crippen molar-refractivity contribution in [3.63, 3.8) is 0 Å². The van der Waals surface area contributed by atoms with Gasteiger partial charge < -0.3 is 4.74 Å². The molecule has 0 atom stereocenters. The number of benzene rings is 3. The summed E-state index contributed by atoms with van der Waals surface area (Å²) in [5.41, 5.74) is 2.26. The molecule has 1 aliphatic rings. The lowest BCUT2D eigenvalue weighted by Crippen LogP contribution is -2.27. The molecule has 1 heterocycles. The summed E-state index contributed by atoms with van der Waals surface area (Å²) in [4.78, 5) is 36.9. The van der Waals surface area contributed by atoms with E-state index in [-0.39, 0.29) is 30.0 Å². The van der Waals surface area contributed by atoms with Crippen LogP contribution >= 0.6 is 35.0 Å². The highest BCUT2D eigenvalue weighted by molar-refractivity contribution is 8.18. The highest BCUT2D eigenvalue weighted by atomic mass is 35.5. The van der Waals surface area contributed by atoms with E-state index in [1.807, 2.05) is 0 Å². The quantitative estimate of drug-likeness (QED) is 0.197. The summed E-state index contributed by atoms with van der Waals surface area (Å²) < 4.78 is 5.71. The predicted molar refractivity (Wildman–Crippen MR) is 132 cm³/mol. The third-order valence-electron chi connectivity index (χ3n) is 4.93. The lowest BCUT2D eigenvalue weighted by molar-refractivity contribution is -0.384. The summed E-state index contributed by atoms with van der Waals surface area (Å²) >= 11 is 12.8. The Morgan fingerprint density at radius 2 is 1.62 bits per heavy atom. The molecule has 2 amide bonds. The molecular formula is C24H16Cl2N2O5S. The number of nitro benzene ring substituents is 1. The number of halogens is 2. The normalized spacial score (nSPS) is 14.6. The number of hydrogen-bond acceptors (Lipinski definition) is 6. The average Bonchev–Trinajstić information content (AvgIpc) is 3.08. The number of thioether (sulfide) groups is 1. The molecule has 34 heavy (non-hydrogen) atoms. The van der Waals surface area contributed by atoms with E-state index < -0.39 is 4.92 Å². The molecule has 0 unspecified atom stereocenters. The summed E-state index contributed by atoms with van der Waals surface area (Å²) in [7, 11) is 0. The van der Waals surface area contributed by atoms with Gasteiger partial charge in [0.05, 0.1) is 26.4 Å². The Kier molecular flexibility index (Phi) is 7.21. The molecule has 3 aromatic carbocycles. The lowest BCUT2D eigenvalue weighted by atomic mass is 10.2. The fourth-order valence-corrected chi connectivity index (χ4v) is 4.31. The van der Waals surface area contributed by atoms with Crippen LogP contribution in [0.25, 0.3) is 6.08 Å². The first-order valence-corrected chi connectivity index (χ1v) is 11.5. The topological polar surface area (TPSA) is 89.7 Å². The average molecular weight is 515 g/mol. The molecule has 0 spiro atoms. The van der Waals surface area contributed by atoms with E-state index >= 15 is 0 Å². The Balaban J connectivity index is 1.38. The highest BCUT2D eigenvalue weighted by Crippen LogP contribution is 2.34. The zero-order valence-corrected chi connectivity index (χ0v) is 19.8. The predicted octanol–water partition coefficient (Wildman–Crippen LogP) is 6.72. The Labute approximate surface area is 209 Å². The first-order valence-electron chi connectivity index (χ1n) is 9.95. The molecule has 172 valence electrons. The van der Waals surface area contributed by atoms with E-state index in [1.54, 1.807) is 60.7 Å². The van der Waals surface area contributed by atoms with Crippen LogP contribution < -0.4 is 4.74 Å². The number of carbonyl (C=O) groups excluding carboxylic acids is 2. The maximum absolute atomic E-state index is 12.8. The molecule has 1 saturated heterocycles. The second kappa shape index (κ2) is 10.3. The van der Waals surface area contributed by atoms with Crippen LogP contribution in [-0.2, 0) is 17.9 Å². The Hall–Kier alpha value is -3.33. The molecule has 4 rings (SSSR count). The highest BCUT2D eigenvalue weighted by Gasteiger charge is 2.35. The van der Waals surface area contributed by atoms with Crippen LogP contribution in [0.15, 0.2) is 71.6 Å². The molecular weight excluding hydrogens is 499 g/mol. The van der Waals surface area contributed by atoms with Crippen molar-refractivity contribution in [1.82, 2.24) is 4.90 Å². The SMILES string of the molecule is O=C1S/C(=C/c2ccc(OCc3ccc([N+](=O)[O-])cc3)cc2)C(=O)N1Cc1ccc(Cl)c(Cl)c1. The minimum Gasteiger partial charge on any atom is -0.489 e. The van der Waals surface area contributed by atoms with Crippen molar-refractivity contribution >= 4 is 57.9 Å². The van der Waals surface area contributed by atoms with Gasteiger partial charge in [-0.05, 0) is 70.9 Å². The van der Waals surface area contributed by atoms with Gasteiger partial charge >= 0.3 is 0 Å². The third-order valence-corrected chi connectivity index (χ3v) is 6.58. The van der Waals surface area contributed by atoms with Crippen molar-refractivity contribution in [1.29, 1.82) is 0 Å². The van der Waals surface area contributed by atoms with Gasteiger partial charge in [-0.3, -0.25) is 24.6 Å². The number of rotatable bonds is 7. The number of hydrogen-bond donors (Lipinski definition) is 0. The molecule has 0 N–H and O–H groups in total. The smallest absolute Gasteiger partial charge is 0.293 e. The fourth-order valence-electron chi connectivity index (χ4n) is 3.15. The second-order valence-corrected chi connectivity index (χ2v) is 9.11. The molecule has 0 bridgehead atoms. The summed E-state index contributed by atoms with van der Waals surface area (Å²) in [5, 5.41) is 11.1. The van der Waals surface area contributed by atoms with Crippen LogP contribution in [0.3, 0.4) is 0 Å². The van der Waals surface area contributed by atoms with Crippen LogP contribution in [0.2, 0.25) is 10.0 Å². The monoisotopic (exact) mass is 514 g/mol. The molecule has 1 aliphatic heterocycles. The fraction of sp³-hybridized carbons (Fsp3) is 0.0833. The van der Waals surface area contributed by atoms with Gasteiger partial charge in [0, 0.05) is 12.1 Å². The third kappa shape index (κ3) is 5.59. The molecule has 7 nitrogen and oxygen atoms in total. The van der Waals surface area contributed by atoms with E-state index in [1.165, 1.54) is 12.1 Å². The number of carbonyl (C=O) groups is 2. The van der Waals surface area contributed by atoms with E-state index in [0.717, 1.165) is 27.8 Å². The second-order valence-electron chi connectivity index (χ2n) is 7.30. The maximum atomic E-state index is 12.8. The van der Waals surface area contributed by atoms with Crippen molar-refractivity contribution in [2.24, 2.45) is 0 Å². The summed E-state index contributed by atoms with van der Waals surface area (Å²) in [6.45, 7) is 0.360. The number of amides is 2. The van der Waals surface area contributed by atoms with Gasteiger partial charge in [0.25, 0.3) is 16.8 Å². The van der Waals surface area contributed by atoms with Gasteiger partial charge in [0.15, 0.2) is 0 Å². The molecule has 3 aromatic rings. The number of imide groups is 1. The Morgan fingerprint density at radius 1 is 0.941 bits per heavy atom. The first-order chi connectivity index (χ1) is 16.3.